The van der Waals surface area contributed by atoms with Crippen molar-refractivity contribution in [1.82, 2.24) is 10.6 Å². The highest BCUT2D eigenvalue weighted by Gasteiger charge is 2.10. The summed E-state index contributed by atoms with van der Waals surface area (Å²) in [4.78, 5) is 11.6. The first-order valence-corrected chi connectivity index (χ1v) is 7.57. The van der Waals surface area contributed by atoms with Crippen LogP contribution in [-0.2, 0) is 4.79 Å². The van der Waals surface area contributed by atoms with E-state index in [1.807, 2.05) is 6.07 Å². The van der Waals surface area contributed by atoms with Crippen molar-refractivity contribution in [2.75, 3.05) is 13.1 Å². The zero-order chi connectivity index (χ0) is 14.0. The molecule has 0 radical (unpaired) electrons. The molecule has 20 heavy (non-hydrogen) atoms. The van der Waals surface area contributed by atoms with Crippen LogP contribution in [0.3, 0.4) is 0 Å². The van der Waals surface area contributed by atoms with E-state index in [0.29, 0.717) is 18.3 Å². The fourth-order valence-electron chi connectivity index (χ4n) is 2.55. The minimum Gasteiger partial charge on any atom is -0.465 e. The Hall–Kier alpha value is -1.55. The SMILES string of the molecule is O=C(/C=C/c1ccco1)NCCNC1CCCCCC1. The van der Waals surface area contributed by atoms with Gasteiger partial charge >= 0.3 is 0 Å². The number of hydrogen-bond acceptors (Lipinski definition) is 3. The van der Waals surface area contributed by atoms with Gasteiger partial charge in [-0.05, 0) is 31.1 Å². The topological polar surface area (TPSA) is 54.3 Å². The third-order valence-electron chi connectivity index (χ3n) is 3.65. The van der Waals surface area contributed by atoms with Crippen molar-refractivity contribution in [2.24, 2.45) is 0 Å². The summed E-state index contributed by atoms with van der Waals surface area (Å²) in [5, 5.41) is 6.40. The van der Waals surface area contributed by atoms with E-state index >= 15 is 0 Å². The second kappa shape index (κ2) is 8.59. The Bertz CT molecular complexity index is 404. The van der Waals surface area contributed by atoms with E-state index in [4.69, 9.17) is 4.42 Å². The van der Waals surface area contributed by atoms with E-state index in [-0.39, 0.29) is 5.91 Å². The Kier molecular flexibility index (Phi) is 6.38. The summed E-state index contributed by atoms with van der Waals surface area (Å²) in [6.45, 7) is 1.50. The molecule has 1 heterocycles. The van der Waals surface area contributed by atoms with Gasteiger partial charge in [-0.15, -0.1) is 0 Å². The summed E-state index contributed by atoms with van der Waals surface area (Å²) in [5.41, 5.74) is 0. The lowest BCUT2D eigenvalue weighted by Crippen LogP contribution is -2.36. The van der Waals surface area contributed by atoms with E-state index in [1.165, 1.54) is 44.6 Å². The van der Waals surface area contributed by atoms with Gasteiger partial charge in [-0.2, -0.15) is 0 Å². The molecule has 0 saturated heterocycles. The lowest BCUT2D eigenvalue weighted by atomic mass is 10.1. The maximum absolute atomic E-state index is 11.6. The minimum atomic E-state index is -0.0796. The van der Waals surface area contributed by atoms with Gasteiger partial charge in [0.05, 0.1) is 6.26 Å². The summed E-state index contributed by atoms with van der Waals surface area (Å²) in [7, 11) is 0. The number of rotatable bonds is 6. The number of carbonyl (C=O) groups excluding carboxylic acids is 1. The predicted octanol–water partition coefficient (Wildman–Crippen LogP) is 2.72. The summed E-state index contributed by atoms with van der Waals surface area (Å²) < 4.78 is 5.12. The molecule has 1 aliphatic rings. The molecule has 110 valence electrons. The molecule has 1 amide bonds. The molecule has 2 N–H and O–H groups in total. The van der Waals surface area contributed by atoms with Crippen LogP contribution in [0.4, 0.5) is 0 Å². The van der Waals surface area contributed by atoms with E-state index in [0.717, 1.165) is 6.54 Å². The number of furan rings is 1. The predicted molar refractivity (Wildman–Crippen MR) is 80.2 cm³/mol. The molecule has 0 spiro atoms. The van der Waals surface area contributed by atoms with Crippen molar-refractivity contribution < 1.29 is 9.21 Å². The Morgan fingerprint density at radius 2 is 2.05 bits per heavy atom. The lowest BCUT2D eigenvalue weighted by molar-refractivity contribution is -0.116. The Morgan fingerprint density at radius 1 is 1.25 bits per heavy atom. The molecule has 0 unspecified atom stereocenters. The molecular weight excluding hydrogens is 252 g/mol. The molecule has 0 aliphatic heterocycles. The third kappa shape index (κ3) is 5.61. The van der Waals surface area contributed by atoms with Crippen LogP contribution in [0.25, 0.3) is 6.08 Å². The number of hydrogen-bond donors (Lipinski definition) is 2. The molecule has 4 nitrogen and oxygen atoms in total. The second-order valence-electron chi connectivity index (χ2n) is 5.28. The molecule has 0 atom stereocenters. The van der Waals surface area contributed by atoms with Gasteiger partial charge < -0.3 is 15.1 Å². The summed E-state index contributed by atoms with van der Waals surface area (Å²) in [6, 6.07) is 4.25. The van der Waals surface area contributed by atoms with E-state index in [2.05, 4.69) is 10.6 Å². The molecule has 4 heteroatoms. The van der Waals surface area contributed by atoms with Crippen LogP contribution in [0.15, 0.2) is 28.9 Å². The molecule has 1 aromatic heterocycles. The molecule has 1 fully saturated rings. The first-order chi connectivity index (χ1) is 9.84. The van der Waals surface area contributed by atoms with E-state index in [9.17, 15) is 4.79 Å². The van der Waals surface area contributed by atoms with Crippen LogP contribution in [-0.4, -0.2) is 25.0 Å². The molecule has 2 rings (SSSR count). The van der Waals surface area contributed by atoms with E-state index in [1.54, 1.807) is 18.4 Å². The van der Waals surface area contributed by atoms with Gasteiger partial charge in [-0.25, -0.2) is 0 Å². The number of carbonyl (C=O) groups is 1. The van der Waals surface area contributed by atoms with Crippen LogP contribution in [0.1, 0.15) is 44.3 Å². The highest BCUT2D eigenvalue weighted by Crippen LogP contribution is 2.16. The van der Waals surface area contributed by atoms with Crippen LogP contribution in [0.5, 0.6) is 0 Å². The van der Waals surface area contributed by atoms with Crippen molar-refractivity contribution in [1.29, 1.82) is 0 Å². The largest absolute Gasteiger partial charge is 0.465 e. The molecule has 0 bridgehead atoms. The van der Waals surface area contributed by atoms with Gasteiger partial charge in [0.25, 0.3) is 0 Å². The zero-order valence-electron chi connectivity index (χ0n) is 11.9. The van der Waals surface area contributed by atoms with Crippen molar-refractivity contribution in [3.05, 3.63) is 30.2 Å². The first-order valence-electron chi connectivity index (χ1n) is 7.57. The van der Waals surface area contributed by atoms with Gasteiger partial charge in [0, 0.05) is 25.2 Å². The van der Waals surface area contributed by atoms with Gasteiger partial charge in [-0.1, -0.05) is 25.7 Å². The van der Waals surface area contributed by atoms with Gasteiger partial charge in [0.1, 0.15) is 5.76 Å². The number of amides is 1. The van der Waals surface area contributed by atoms with Crippen molar-refractivity contribution >= 4 is 12.0 Å². The minimum absolute atomic E-state index is 0.0796. The van der Waals surface area contributed by atoms with Gasteiger partial charge in [0.15, 0.2) is 0 Å². The van der Waals surface area contributed by atoms with Crippen molar-refractivity contribution in [3.63, 3.8) is 0 Å². The molecule has 1 saturated carbocycles. The van der Waals surface area contributed by atoms with Crippen LogP contribution < -0.4 is 10.6 Å². The normalized spacial score (nSPS) is 17.2. The first kappa shape index (κ1) is 14.9. The smallest absolute Gasteiger partial charge is 0.244 e. The van der Waals surface area contributed by atoms with Crippen molar-refractivity contribution in [2.45, 2.75) is 44.6 Å². The highest BCUT2D eigenvalue weighted by molar-refractivity contribution is 5.91. The Morgan fingerprint density at radius 3 is 2.75 bits per heavy atom. The monoisotopic (exact) mass is 276 g/mol. The zero-order valence-corrected chi connectivity index (χ0v) is 11.9. The standard InChI is InChI=1S/C16H24N2O2/c19-16(10-9-15-8-5-13-20-15)18-12-11-17-14-6-3-1-2-4-7-14/h5,8-10,13-14,17H,1-4,6-7,11-12H2,(H,18,19)/b10-9+. The van der Waals surface area contributed by atoms with Crippen molar-refractivity contribution in [3.8, 4) is 0 Å². The fourth-order valence-corrected chi connectivity index (χ4v) is 2.55. The fraction of sp³-hybridized carbons (Fsp3) is 0.562. The lowest BCUT2D eigenvalue weighted by Gasteiger charge is -2.15. The van der Waals surface area contributed by atoms with Crippen LogP contribution in [0.2, 0.25) is 0 Å². The summed E-state index contributed by atoms with van der Waals surface area (Å²) in [5.74, 6) is 0.612. The number of nitrogens with one attached hydrogen (secondary N) is 2. The highest BCUT2D eigenvalue weighted by atomic mass is 16.3. The Balaban J connectivity index is 1.57. The summed E-state index contributed by atoms with van der Waals surface area (Å²) >= 11 is 0. The molecule has 1 aliphatic carbocycles. The maximum atomic E-state index is 11.6. The second-order valence-corrected chi connectivity index (χ2v) is 5.28. The quantitative estimate of drug-likeness (QED) is 0.477. The van der Waals surface area contributed by atoms with Gasteiger partial charge in [0.2, 0.25) is 5.91 Å². The average molecular weight is 276 g/mol. The third-order valence-corrected chi connectivity index (χ3v) is 3.65. The van der Waals surface area contributed by atoms with Crippen LogP contribution in [0, 0.1) is 0 Å². The van der Waals surface area contributed by atoms with Gasteiger partial charge in [-0.3, -0.25) is 4.79 Å². The molecular formula is C16H24N2O2. The maximum Gasteiger partial charge on any atom is 0.244 e. The molecule has 0 aromatic carbocycles. The molecule has 1 aromatic rings. The Labute approximate surface area is 120 Å². The van der Waals surface area contributed by atoms with E-state index < -0.39 is 0 Å². The van der Waals surface area contributed by atoms with Crippen LogP contribution >= 0.6 is 0 Å². The summed E-state index contributed by atoms with van der Waals surface area (Å²) in [6.07, 6.45) is 12.7. The average Bonchev–Trinajstić information content (AvgIpc) is 2.84.